The SMILES string of the molecule is Cc1cccc(COC2C3CCN(CC3)C2C(c2ccccc2)c2ccccc2)c1. The summed E-state index contributed by atoms with van der Waals surface area (Å²) in [5, 5.41) is 0. The Bertz CT molecular complexity index is 907. The van der Waals surface area contributed by atoms with Crippen molar-refractivity contribution >= 4 is 0 Å². The Morgan fingerprint density at radius 2 is 1.47 bits per heavy atom. The summed E-state index contributed by atoms with van der Waals surface area (Å²) in [6, 6.07) is 31.2. The molecular weight excluding hydrogens is 366 g/mol. The fraction of sp³-hybridized carbons (Fsp3) is 0.357. The highest BCUT2D eigenvalue weighted by atomic mass is 16.5. The van der Waals surface area contributed by atoms with E-state index in [-0.39, 0.29) is 6.10 Å². The quantitative estimate of drug-likeness (QED) is 0.521. The largest absolute Gasteiger partial charge is 0.372 e. The minimum absolute atomic E-state index is 0.262. The van der Waals surface area contributed by atoms with Crippen LogP contribution in [0.15, 0.2) is 84.9 Å². The predicted octanol–water partition coefficient (Wildman–Crippen LogP) is 5.81. The van der Waals surface area contributed by atoms with Gasteiger partial charge in [-0.1, -0.05) is 90.5 Å². The van der Waals surface area contributed by atoms with E-state index in [1.807, 2.05) is 0 Å². The van der Waals surface area contributed by atoms with Gasteiger partial charge in [-0.2, -0.15) is 0 Å². The number of benzene rings is 3. The van der Waals surface area contributed by atoms with Gasteiger partial charge in [-0.05, 0) is 55.5 Å². The van der Waals surface area contributed by atoms with Crippen molar-refractivity contribution in [2.24, 2.45) is 5.92 Å². The van der Waals surface area contributed by atoms with Gasteiger partial charge in [-0.25, -0.2) is 0 Å². The first-order valence-electron chi connectivity index (χ1n) is 11.3. The average Bonchev–Trinajstić information content (AvgIpc) is 2.81. The molecule has 2 unspecified atom stereocenters. The molecule has 3 fully saturated rings. The third kappa shape index (κ3) is 3.95. The lowest BCUT2D eigenvalue weighted by atomic mass is 9.72. The maximum Gasteiger partial charge on any atom is 0.0773 e. The first-order valence-corrected chi connectivity index (χ1v) is 11.3. The highest BCUT2D eigenvalue weighted by Gasteiger charge is 2.47. The van der Waals surface area contributed by atoms with Gasteiger partial charge < -0.3 is 4.74 Å². The molecule has 0 aliphatic carbocycles. The lowest BCUT2D eigenvalue weighted by Crippen LogP contribution is -2.60. The Kier molecular flexibility index (Phi) is 5.70. The van der Waals surface area contributed by atoms with Crippen molar-refractivity contribution in [3.63, 3.8) is 0 Å². The highest BCUT2D eigenvalue weighted by molar-refractivity contribution is 5.35. The van der Waals surface area contributed by atoms with Crippen LogP contribution in [0.25, 0.3) is 0 Å². The van der Waals surface area contributed by atoms with Gasteiger partial charge in [-0.3, -0.25) is 4.90 Å². The first-order chi connectivity index (χ1) is 14.8. The lowest BCUT2D eigenvalue weighted by Gasteiger charge is -2.53. The summed E-state index contributed by atoms with van der Waals surface area (Å²) in [5.74, 6) is 0.984. The van der Waals surface area contributed by atoms with E-state index >= 15 is 0 Å². The third-order valence-corrected chi connectivity index (χ3v) is 6.98. The van der Waals surface area contributed by atoms with Gasteiger partial charge in [0.1, 0.15) is 0 Å². The van der Waals surface area contributed by atoms with E-state index in [1.165, 1.54) is 48.2 Å². The zero-order valence-electron chi connectivity index (χ0n) is 17.8. The number of nitrogens with zero attached hydrogens (tertiary/aromatic N) is 1. The standard InChI is InChI=1S/C28H31NO/c1-21-9-8-10-22(19-21)20-30-28-25-15-17-29(18-16-25)27(28)26(23-11-4-2-5-12-23)24-13-6-3-7-14-24/h2-14,19,25-28H,15-18,20H2,1H3. The van der Waals surface area contributed by atoms with Crippen molar-refractivity contribution in [1.29, 1.82) is 0 Å². The fourth-order valence-corrected chi connectivity index (χ4v) is 5.57. The summed E-state index contributed by atoms with van der Waals surface area (Å²) in [6.45, 7) is 5.23. The molecule has 0 aromatic heterocycles. The number of ether oxygens (including phenoxy) is 1. The zero-order valence-corrected chi connectivity index (χ0v) is 17.8. The van der Waals surface area contributed by atoms with Crippen LogP contribution < -0.4 is 0 Å². The topological polar surface area (TPSA) is 12.5 Å². The molecule has 3 aromatic rings. The summed E-state index contributed by atoms with van der Waals surface area (Å²) < 4.78 is 6.75. The number of piperidine rings is 3. The second-order valence-electron chi connectivity index (χ2n) is 8.93. The van der Waals surface area contributed by atoms with Crippen LogP contribution in [0.3, 0.4) is 0 Å². The molecule has 3 saturated heterocycles. The Balaban J connectivity index is 1.49. The second-order valence-corrected chi connectivity index (χ2v) is 8.93. The smallest absolute Gasteiger partial charge is 0.0773 e. The number of fused-ring (bicyclic) bond motifs is 3. The molecule has 0 N–H and O–H groups in total. The number of rotatable bonds is 6. The molecule has 3 aliphatic rings. The van der Waals surface area contributed by atoms with E-state index in [1.54, 1.807) is 0 Å². The van der Waals surface area contributed by atoms with Crippen LogP contribution in [0.2, 0.25) is 0 Å². The monoisotopic (exact) mass is 397 g/mol. The number of hydrogen-bond acceptors (Lipinski definition) is 2. The van der Waals surface area contributed by atoms with E-state index in [9.17, 15) is 0 Å². The molecule has 0 saturated carbocycles. The molecule has 154 valence electrons. The molecule has 3 aromatic carbocycles. The minimum atomic E-state index is 0.262. The average molecular weight is 398 g/mol. The predicted molar refractivity (Wildman–Crippen MR) is 123 cm³/mol. The molecule has 0 radical (unpaired) electrons. The van der Waals surface area contributed by atoms with E-state index < -0.39 is 0 Å². The van der Waals surface area contributed by atoms with Gasteiger partial charge in [-0.15, -0.1) is 0 Å². The van der Waals surface area contributed by atoms with Crippen molar-refractivity contribution in [2.45, 2.75) is 44.4 Å². The van der Waals surface area contributed by atoms with Crippen LogP contribution in [0, 0.1) is 12.8 Å². The minimum Gasteiger partial charge on any atom is -0.372 e. The van der Waals surface area contributed by atoms with Gasteiger partial charge >= 0.3 is 0 Å². The van der Waals surface area contributed by atoms with E-state index in [0.717, 1.165) is 0 Å². The molecule has 3 aliphatic heterocycles. The molecule has 3 heterocycles. The van der Waals surface area contributed by atoms with Crippen LogP contribution in [0.4, 0.5) is 0 Å². The molecule has 0 amide bonds. The molecule has 2 atom stereocenters. The van der Waals surface area contributed by atoms with Gasteiger partial charge in [0.15, 0.2) is 0 Å². The van der Waals surface area contributed by atoms with Crippen LogP contribution in [-0.2, 0) is 11.3 Å². The Hall–Kier alpha value is -2.42. The Morgan fingerprint density at radius 1 is 0.833 bits per heavy atom. The van der Waals surface area contributed by atoms with E-state index in [0.29, 0.717) is 24.5 Å². The Labute approximate surface area is 180 Å². The molecule has 2 bridgehead atoms. The second kappa shape index (κ2) is 8.75. The molecule has 6 rings (SSSR count). The summed E-state index contributed by atoms with van der Waals surface area (Å²) >= 11 is 0. The van der Waals surface area contributed by atoms with E-state index in [4.69, 9.17) is 4.74 Å². The zero-order chi connectivity index (χ0) is 20.3. The van der Waals surface area contributed by atoms with Crippen LogP contribution in [0.1, 0.15) is 41.0 Å². The van der Waals surface area contributed by atoms with Crippen molar-refractivity contribution < 1.29 is 4.74 Å². The number of aryl methyl sites for hydroxylation is 1. The summed E-state index contributed by atoms with van der Waals surface area (Å²) in [4.78, 5) is 2.70. The van der Waals surface area contributed by atoms with Gasteiger partial charge in [0.2, 0.25) is 0 Å². The first kappa shape index (κ1) is 19.5. The summed E-state index contributed by atoms with van der Waals surface area (Å²) in [7, 11) is 0. The van der Waals surface area contributed by atoms with Crippen LogP contribution >= 0.6 is 0 Å². The van der Waals surface area contributed by atoms with Crippen molar-refractivity contribution in [1.82, 2.24) is 4.90 Å². The molecular formula is C28H31NO. The Morgan fingerprint density at radius 3 is 2.07 bits per heavy atom. The summed E-state index contributed by atoms with van der Waals surface area (Å²) in [6.07, 6.45) is 2.77. The third-order valence-electron chi connectivity index (χ3n) is 6.98. The van der Waals surface area contributed by atoms with Crippen molar-refractivity contribution in [3.05, 3.63) is 107 Å². The molecule has 30 heavy (non-hydrogen) atoms. The fourth-order valence-electron chi connectivity index (χ4n) is 5.57. The van der Waals surface area contributed by atoms with Crippen molar-refractivity contribution in [3.8, 4) is 0 Å². The van der Waals surface area contributed by atoms with Crippen LogP contribution in [0.5, 0.6) is 0 Å². The summed E-state index contributed by atoms with van der Waals surface area (Å²) in [5.41, 5.74) is 5.37. The van der Waals surface area contributed by atoms with Gasteiger partial charge in [0.05, 0.1) is 12.7 Å². The van der Waals surface area contributed by atoms with Gasteiger partial charge in [0, 0.05) is 12.0 Å². The normalized spacial score (nSPS) is 25.5. The van der Waals surface area contributed by atoms with Gasteiger partial charge in [0.25, 0.3) is 0 Å². The maximum atomic E-state index is 6.75. The molecule has 2 heteroatoms. The number of hydrogen-bond donors (Lipinski definition) is 0. The van der Waals surface area contributed by atoms with Crippen LogP contribution in [-0.4, -0.2) is 30.1 Å². The maximum absolute atomic E-state index is 6.75. The highest BCUT2D eigenvalue weighted by Crippen LogP contribution is 2.43. The van der Waals surface area contributed by atoms with E-state index in [2.05, 4.69) is 96.8 Å². The molecule has 2 nitrogen and oxygen atoms in total. The lowest BCUT2D eigenvalue weighted by molar-refractivity contribution is -0.120. The van der Waals surface area contributed by atoms with Crippen molar-refractivity contribution in [2.75, 3.05) is 13.1 Å². The molecule has 0 spiro atoms.